The van der Waals surface area contributed by atoms with Gasteiger partial charge in [-0.25, -0.2) is 0 Å². The number of carboxylic acids is 1. The zero-order valence-corrected chi connectivity index (χ0v) is 18.4. The molecular formula is C22H43NO4. The Hall–Kier alpha value is -1.10. The van der Waals surface area contributed by atoms with E-state index >= 15 is 0 Å². The second-order valence-electron chi connectivity index (χ2n) is 9.07. The molecule has 5 nitrogen and oxygen atoms in total. The van der Waals surface area contributed by atoms with Gasteiger partial charge in [-0.05, 0) is 12.3 Å². The summed E-state index contributed by atoms with van der Waals surface area (Å²) in [7, 11) is 5.84. The number of nitrogens with zero attached hydrogens (tertiary/aromatic N) is 1. The van der Waals surface area contributed by atoms with E-state index in [2.05, 4.69) is 13.8 Å². The zero-order chi connectivity index (χ0) is 20.7. The molecule has 0 amide bonds. The molecule has 0 aliphatic heterocycles. The van der Waals surface area contributed by atoms with Crippen molar-refractivity contribution >= 4 is 11.9 Å². The first kappa shape index (κ1) is 25.9. The number of quaternary nitrogens is 1. The molecule has 0 rings (SSSR count). The molecule has 2 atom stereocenters. The van der Waals surface area contributed by atoms with E-state index in [0.29, 0.717) is 17.4 Å². The van der Waals surface area contributed by atoms with E-state index in [1.165, 1.54) is 44.9 Å². The number of rotatable bonds is 17. The molecule has 0 fully saturated rings. The van der Waals surface area contributed by atoms with Crippen LogP contribution >= 0.6 is 0 Å². The van der Waals surface area contributed by atoms with Crippen molar-refractivity contribution < 1.29 is 23.9 Å². The molecule has 0 N–H and O–H groups in total. The van der Waals surface area contributed by atoms with E-state index in [9.17, 15) is 14.7 Å². The third-order valence-corrected chi connectivity index (χ3v) is 4.82. The molecule has 0 saturated heterocycles. The molecule has 27 heavy (non-hydrogen) atoms. The maximum Gasteiger partial charge on any atom is 0.306 e. The second-order valence-corrected chi connectivity index (χ2v) is 9.07. The van der Waals surface area contributed by atoms with Gasteiger partial charge in [-0.2, -0.15) is 0 Å². The molecule has 0 aromatic carbocycles. The lowest BCUT2D eigenvalue weighted by molar-refractivity contribution is -0.873. The number of carbonyl (C=O) groups is 2. The summed E-state index contributed by atoms with van der Waals surface area (Å²) in [4.78, 5) is 22.8. The highest BCUT2D eigenvalue weighted by molar-refractivity contribution is 5.70. The third-order valence-electron chi connectivity index (χ3n) is 4.82. The maximum absolute atomic E-state index is 12.0. The number of carboxylic acid groups (broad SMARTS) is 1. The van der Waals surface area contributed by atoms with Gasteiger partial charge in [0.2, 0.25) is 0 Å². The molecule has 0 aliphatic rings. The number of hydrogen-bond acceptors (Lipinski definition) is 4. The quantitative estimate of drug-likeness (QED) is 0.218. The van der Waals surface area contributed by atoms with Crippen LogP contribution in [0.15, 0.2) is 0 Å². The molecular weight excluding hydrogens is 342 g/mol. The molecule has 160 valence electrons. The fourth-order valence-corrected chi connectivity index (χ4v) is 3.36. The molecule has 0 radical (unpaired) electrons. The fourth-order valence-electron chi connectivity index (χ4n) is 3.36. The van der Waals surface area contributed by atoms with E-state index in [4.69, 9.17) is 4.74 Å². The fraction of sp³-hybridized carbons (Fsp3) is 0.909. The first-order valence-corrected chi connectivity index (χ1v) is 10.8. The number of hydrogen-bond donors (Lipinski definition) is 0. The van der Waals surface area contributed by atoms with Gasteiger partial charge >= 0.3 is 5.97 Å². The molecule has 5 heteroatoms. The maximum atomic E-state index is 12.0. The van der Waals surface area contributed by atoms with Crippen LogP contribution in [0.5, 0.6) is 0 Å². The lowest BCUT2D eigenvalue weighted by Gasteiger charge is -2.29. The van der Waals surface area contributed by atoms with Gasteiger partial charge in [-0.3, -0.25) is 4.79 Å². The van der Waals surface area contributed by atoms with Crippen molar-refractivity contribution in [3.63, 3.8) is 0 Å². The Balaban J connectivity index is 3.83. The van der Waals surface area contributed by atoms with Gasteiger partial charge in [0, 0.05) is 18.8 Å². The first-order chi connectivity index (χ1) is 12.6. The number of carbonyl (C=O) groups excluding carboxylic acids is 2. The average Bonchev–Trinajstić information content (AvgIpc) is 2.52. The van der Waals surface area contributed by atoms with Crippen molar-refractivity contribution in [1.29, 1.82) is 0 Å². The van der Waals surface area contributed by atoms with Crippen LogP contribution in [0.4, 0.5) is 0 Å². The Kier molecular flexibility index (Phi) is 14.3. The Morgan fingerprint density at radius 2 is 1.48 bits per heavy atom. The highest BCUT2D eigenvalue weighted by Gasteiger charge is 2.22. The summed E-state index contributed by atoms with van der Waals surface area (Å²) < 4.78 is 5.91. The number of aliphatic carboxylic acids is 1. The van der Waals surface area contributed by atoms with Crippen LogP contribution in [0.2, 0.25) is 0 Å². The standard InChI is InChI=1S/C22H43NO4/c1-6-7-8-11-14-19(2)15-12-9-10-13-16-22(26)27-20(17-21(24)25)18-23(3,4)5/h19-20H,6-18H2,1-5H3. The minimum absolute atomic E-state index is 0.239. The molecule has 0 aromatic heterocycles. The Morgan fingerprint density at radius 3 is 2.00 bits per heavy atom. The topological polar surface area (TPSA) is 66.4 Å². The molecule has 0 heterocycles. The van der Waals surface area contributed by atoms with Crippen molar-refractivity contribution in [2.24, 2.45) is 5.92 Å². The van der Waals surface area contributed by atoms with Crippen molar-refractivity contribution in [2.45, 2.75) is 97.0 Å². The van der Waals surface area contributed by atoms with E-state index in [-0.39, 0.29) is 12.4 Å². The summed E-state index contributed by atoms with van der Waals surface area (Å²) >= 11 is 0. The van der Waals surface area contributed by atoms with Crippen molar-refractivity contribution in [3.05, 3.63) is 0 Å². The van der Waals surface area contributed by atoms with Gasteiger partial charge in [0.25, 0.3) is 0 Å². The van der Waals surface area contributed by atoms with Crippen molar-refractivity contribution in [2.75, 3.05) is 27.7 Å². The van der Waals surface area contributed by atoms with Crippen LogP contribution in [-0.4, -0.2) is 50.2 Å². The van der Waals surface area contributed by atoms with E-state index in [1.807, 2.05) is 21.1 Å². The number of unbranched alkanes of at least 4 members (excludes halogenated alkanes) is 6. The minimum Gasteiger partial charge on any atom is -0.550 e. The van der Waals surface area contributed by atoms with Gasteiger partial charge in [-0.15, -0.1) is 0 Å². The predicted octanol–water partition coefficient (Wildman–Crippen LogP) is 3.69. The summed E-state index contributed by atoms with van der Waals surface area (Å²) in [6.07, 6.45) is 11.7. The SMILES string of the molecule is CCCCCCC(C)CCCCCCC(=O)OC(CC(=O)[O-])C[N+](C)(C)C. The summed E-state index contributed by atoms with van der Waals surface area (Å²) in [6.45, 7) is 5.05. The monoisotopic (exact) mass is 385 g/mol. The minimum atomic E-state index is -1.18. The second kappa shape index (κ2) is 14.9. The van der Waals surface area contributed by atoms with Gasteiger partial charge < -0.3 is 19.1 Å². The summed E-state index contributed by atoms with van der Waals surface area (Å²) in [5.41, 5.74) is 0. The molecule has 0 saturated carbocycles. The normalized spacial score (nSPS) is 14.0. The van der Waals surface area contributed by atoms with Crippen LogP contribution in [0, 0.1) is 5.92 Å². The largest absolute Gasteiger partial charge is 0.550 e. The van der Waals surface area contributed by atoms with Crippen molar-refractivity contribution in [3.8, 4) is 0 Å². The highest BCUT2D eigenvalue weighted by Crippen LogP contribution is 2.18. The van der Waals surface area contributed by atoms with Crippen LogP contribution < -0.4 is 5.11 Å². The molecule has 2 unspecified atom stereocenters. The zero-order valence-electron chi connectivity index (χ0n) is 18.4. The summed E-state index contributed by atoms with van der Waals surface area (Å²) in [5, 5.41) is 10.9. The number of ether oxygens (including phenoxy) is 1. The Morgan fingerprint density at radius 1 is 0.926 bits per heavy atom. The molecule has 0 spiro atoms. The summed E-state index contributed by atoms with van der Waals surface area (Å²) in [5.74, 6) is -0.670. The third kappa shape index (κ3) is 18.0. The van der Waals surface area contributed by atoms with Gasteiger partial charge in [0.05, 0.1) is 21.1 Å². The van der Waals surface area contributed by atoms with Crippen LogP contribution in [0.25, 0.3) is 0 Å². The van der Waals surface area contributed by atoms with Gasteiger partial charge in [-0.1, -0.05) is 71.6 Å². The smallest absolute Gasteiger partial charge is 0.306 e. The predicted molar refractivity (Wildman–Crippen MR) is 108 cm³/mol. The van der Waals surface area contributed by atoms with Crippen molar-refractivity contribution in [1.82, 2.24) is 0 Å². The lowest BCUT2D eigenvalue weighted by atomic mass is 9.96. The first-order valence-electron chi connectivity index (χ1n) is 10.8. The van der Waals surface area contributed by atoms with Gasteiger partial charge in [0.1, 0.15) is 6.54 Å². The molecule has 0 aromatic rings. The lowest BCUT2D eigenvalue weighted by Crippen LogP contribution is -2.45. The highest BCUT2D eigenvalue weighted by atomic mass is 16.5. The molecule has 0 aliphatic carbocycles. The molecule has 0 bridgehead atoms. The number of esters is 1. The number of likely N-dealkylation sites (N-methyl/N-ethyl adjacent to an activating group) is 1. The average molecular weight is 386 g/mol. The van der Waals surface area contributed by atoms with E-state index < -0.39 is 12.1 Å². The Labute approximate surface area is 167 Å². The van der Waals surface area contributed by atoms with Crippen LogP contribution in [-0.2, 0) is 14.3 Å². The van der Waals surface area contributed by atoms with E-state index in [0.717, 1.165) is 25.2 Å². The van der Waals surface area contributed by atoms with Crippen LogP contribution in [0.1, 0.15) is 90.9 Å². The van der Waals surface area contributed by atoms with Gasteiger partial charge in [0.15, 0.2) is 6.10 Å². The van der Waals surface area contributed by atoms with E-state index in [1.54, 1.807) is 0 Å². The van der Waals surface area contributed by atoms with Crippen LogP contribution in [0.3, 0.4) is 0 Å². The Bertz CT molecular complexity index is 404. The summed E-state index contributed by atoms with van der Waals surface area (Å²) in [6, 6.07) is 0.